The van der Waals surface area contributed by atoms with Crippen molar-refractivity contribution in [3.63, 3.8) is 0 Å². The molecule has 1 atom stereocenters. The van der Waals surface area contributed by atoms with Gasteiger partial charge in [0.2, 0.25) is 0 Å². The average molecular weight is 171 g/mol. The van der Waals surface area contributed by atoms with Crippen LogP contribution >= 0.6 is 0 Å². The summed E-state index contributed by atoms with van der Waals surface area (Å²) in [6.07, 6.45) is 2.96. The topological polar surface area (TPSA) is 27.6 Å². The first-order valence-corrected chi connectivity index (χ1v) is 4.58. The van der Waals surface area contributed by atoms with Crippen LogP contribution in [-0.4, -0.2) is 30.5 Å². The van der Waals surface area contributed by atoms with Crippen molar-refractivity contribution in [3.05, 3.63) is 0 Å². The normalized spacial score (nSPS) is 14.2. The molecule has 0 radical (unpaired) electrons. The average Bonchev–Trinajstić information content (AvgIpc) is 2.03. The zero-order valence-electron chi connectivity index (χ0n) is 8.83. The van der Waals surface area contributed by atoms with E-state index < -0.39 is 0 Å². The van der Waals surface area contributed by atoms with E-state index in [2.05, 4.69) is 38.1 Å². The molecule has 0 aromatic rings. The van der Waals surface area contributed by atoms with Gasteiger partial charge in [0.05, 0.1) is 6.34 Å². The molecule has 0 saturated heterocycles. The number of nitrogens with one attached hydrogen (secondary N) is 1. The zero-order chi connectivity index (χ0) is 9.56. The van der Waals surface area contributed by atoms with Crippen molar-refractivity contribution in [2.75, 3.05) is 7.05 Å². The molecule has 0 aromatic heterocycles. The number of nitrogens with zero attached hydrogens (tertiary/aromatic N) is 2. The molecule has 1 unspecified atom stereocenters. The van der Waals surface area contributed by atoms with Gasteiger partial charge in [-0.15, -0.1) is 0 Å². The molecule has 0 aromatic carbocycles. The molecule has 1 N–H and O–H groups in total. The second-order valence-electron chi connectivity index (χ2n) is 3.31. The lowest BCUT2D eigenvalue weighted by Gasteiger charge is -2.27. The number of hydrogen-bond donors (Lipinski definition) is 1. The Labute approximate surface area is 75.8 Å². The quantitative estimate of drug-likeness (QED) is 0.387. The van der Waals surface area contributed by atoms with Gasteiger partial charge in [0.15, 0.2) is 0 Å². The Hall–Kier alpha value is -0.570. The van der Waals surface area contributed by atoms with E-state index in [0.717, 1.165) is 6.42 Å². The molecule has 0 fully saturated rings. The summed E-state index contributed by atoms with van der Waals surface area (Å²) in [4.78, 5) is 3.98. The third-order valence-corrected chi connectivity index (χ3v) is 1.78. The highest BCUT2D eigenvalue weighted by atomic mass is 15.5. The Balaban J connectivity index is 3.95. The second-order valence-corrected chi connectivity index (χ2v) is 3.31. The van der Waals surface area contributed by atoms with E-state index in [1.807, 2.05) is 11.3 Å². The maximum absolute atomic E-state index is 3.98. The van der Waals surface area contributed by atoms with Crippen molar-refractivity contribution in [2.45, 2.75) is 46.2 Å². The van der Waals surface area contributed by atoms with Gasteiger partial charge in [-0.05, 0) is 27.2 Å². The minimum absolute atomic E-state index is 0.447. The van der Waals surface area contributed by atoms with Crippen LogP contribution in [0.15, 0.2) is 4.99 Å². The van der Waals surface area contributed by atoms with Crippen molar-refractivity contribution in [3.8, 4) is 0 Å². The molecule has 0 aliphatic heterocycles. The SMILES string of the molecule is CCC(C)NN(/C=N\C)C(C)C. The molecule has 72 valence electrons. The Bertz CT molecular complexity index is 132. The largest absolute Gasteiger partial charge is 0.296 e. The lowest BCUT2D eigenvalue weighted by atomic mass is 10.3. The van der Waals surface area contributed by atoms with E-state index in [1.165, 1.54) is 0 Å². The van der Waals surface area contributed by atoms with E-state index in [1.54, 1.807) is 7.05 Å². The number of hydrazine groups is 1. The van der Waals surface area contributed by atoms with Crippen molar-refractivity contribution in [2.24, 2.45) is 4.99 Å². The van der Waals surface area contributed by atoms with Crippen LogP contribution in [0, 0.1) is 0 Å². The summed E-state index contributed by atoms with van der Waals surface area (Å²) in [6, 6.07) is 0.952. The van der Waals surface area contributed by atoms with E-state index in [9.17, 15) is 0 Å². The van der Waals surface area contributed by atoms with Gasteiger partial charge in [-0.2, -0.15) is 0 Å². The monoisotopic (exact) mass is 171 g/mol. The van der Waals surface area contributed by atoms with E-state index in [0.29, 0.717) is 12.1 Å². The van der Waals surface area contributed by atoms with Crippen LogP contribution in [0.2, 0.25) is 0 Å². The minimum atomic E-state index is 0.447. The molecular formula is C9H21N3. The third kappa shape index (κ3) is 4.34. The first kappa shape index (κ1) is 11.4. The van der Waals surface area contributed by atoms with Gasteiger partial charge in [0, 0.05) is 19.1 Å². The van der Waals surface area contributed by atoms with Crippen molar-refractivity contribution in [1.82, 2.24) is 10.4 Å². The Morgan fingerprint density at radius 1 is 1.42 bits per heavy atom. The van der Waals surface area contributed by atoms with Crippen LogP contribution in [0.5, 0.6) is 0 Å². The van der Waals surface area contributed by atoms with Gasteiger partial charge in [-0.3, -0.25) is 10.0 Å². The summed E-state index contributed by atoms with van der Waals surface area (Å²) >= 11 is 0. The molecule has 12 heavy (non-hydrogen) atoms. The van der Waals surface area contributed by atoms with Crippen LogP contribution in [-0.2, 0) is 0 Å². The molecule has 0 bridgehead atoms. The van der Waals surface area contributed by atoms with Crippen LogP contribution in [0.1, 0.15) is 34.1 Å². The first-order chi connectivity index (χ1) is 5.61. The standard InChI is InChI=1S/C9H21N3/c1-6-9(4)11-12(7-10-5)8(2)3/h7-9,11H,6H2,1-5H3/b10-7-. The van der Waals surface area contributed by atoms with Crippen LogP contribution in [0.3, 0.4) is 0 Å². The lowest BCUT2D eigenvalue weighted by molar-refractivity contribution is 0.227. The van der Waals surface area contributed by atoms with E-state index in [-0.39, 0.29) is 0 Å². The van der Waals surface area contributed by atoms with Crippen LogP contribution in [0.25, 0.3) is 0 Å². The molecule has 0 spiro atoms. The second kappa shape index (κ2) is 6.00. The predicted molar refractivity (Wildman–Crippen MR) is 54.3 cm³/mol. The number of hydrogen-bond acceptors (Lipinski definition) is 2. The van der Waals surface area contributed by atoms with Crippen molar-refractivity contribution >= 4 is 6.34 Å². The minimum Gasteiger partial charge on any atom is -0.296 e. The molecule has 0 amide bonds. The van der Waals surface area contributed by atoms with Gasteiger partial charge >= 0.3 is 0 Å². The fourth-order valence-corrected chi connectivity index (χ4v) is 0.786. The van der Waals surface area contributed by atoms with Gasteiger partial charge < -0.3 is 0 Å². The highest BCUT2D eigenvalue weighted by Gasteiger charge is 2.06. The highest BCUT2D eigenvalue weighted by Crippen LogP contribution is 1.94. The van der Waals surface area contributed by atoms with Crippen LogP contribution < -0.4 is 5.43 Å². The predicted octanol–water partition coefficient (Wildman–Crippen LogP) is 1.66. The number of rotatable bonds is 5. The van der Waals surface area contributed by atoms with Crippen molar-refractivity contribution < 1.29 is 0 Å². The molecule has 0 saturated carbocycles. The fraction of sp³-hybridized carbons (Fsp3) is 0.889. The summed E-state index contributed by atoms with van der Waals surface area (Å²) < 4.78 is 0. The smallest absolute Gasteiger partial charge is 0.0991 e. The summed E-state index contributed by atoms with van der Waals surface area (Å²) in [5.74, 6) is 0. The Morgan fingerprint density at radius 2 is 2.00 bits per heavy atom. The van der Waals surface area contributed by atoms with Gasteiger partial charge in [-0.1, -0.05) is 6.92 Å². The molecule has 0 rings (SSSR count). The van der Waals surface area contributed by atoms with Gasteiger partial charge in [0.1, 0.15) is 0 Å². The van der Waals surface area contributed by atoms with Gasteiger partial charge in [0.25, 0.3) is 0 Å². The van der Waals surface area contributed by atoms with Crippen LogP contribution in [0.4, 0.5) is 0 Å². The molecule has 0 aliphatic carbocycles. The van der Waals surface area contributed by atoms with E-state index in [4.69, 9.17) is 0 Å². The van der Waals surface area contributed by atoms with Gasteiger partial charge in [-0.25, -0.2) is 5.43 Å². The first-order valence-electron chi connectivity index (χ1n) is 4.58. The molecular weight excluding hydrogens is 150 g/mol. The van der Waals surface area contributed by atoms with Crippen molar-refractivity contribution in [1.29, 1.82) is 0 Å². The van der Waals surface area contributed by atoms with E-state index >= 15 is 0 Å². The molecule has 3 nitrogen and oxygen atoms in total. The summed E-state index contributed by atoms with van der Waals surface area (Å²) in [7, 11) is 1.79. The lowest BCUT2D eigenvalue weighted by Crippen LogP contribution is -2.46. The summed E-state index contributed by atoms with van der Waals surface area (Å²) in [5.41, 5.74) is 3.35. The summed E-state index contributed by atoms with van der Waals surface area (Å²) in [5, 5.41) is 2.04. The Kier molecular flexibility index (Phi) is 5.72. The summed E-state index contributed by atoms with van der Waals surface area (Å²) in [6.45, 7) is 8.60. The Morgan fingerprint density at radius 3 is 2.33 bits per heavy atom. The maximum Gasteiger partial charge on any atom is 0.0991 e. The molecule has 0 aliphatic rings. The zero-order valence-corrected chi connectivity index (χ0v) is 8.83. The fourth-order valence-electron chi connectivity index (χ4n) is 0.786. The maximum atomic E-state index is 3.98. The molecule has 0 heterocycles. The highest BCUT2D eigenvalue weighted by molar-refractivity contribution is 5.54. The number of aliphatic imine (C=N–C) groups is 1. The molecule has 3 heteroatoms. The third-order valence-electron chi connectivity index (χ3n) is 1.78.